The normalized spacial score (nSPS) is 29.0. The monoisotopic (exact) mass is 561 g/mol. The number of hydrogen-bond acceptors (Lipinski definition) is 9. The number of nitrogens with one attached hydrogen (secondary N) is 1. The second-order valence-corrected chi connectivity index (χ2v) is 12.7. The van der Waals surface area contributed by atoms with Crippen LogP contribution in [0.4, 0.5) is 10.6 Å². The van der Waals surface area contributed by atoms with Crippen LogP contribution in [0.5, 0.6) is 0 Å². The van der Waals surface area contributed by atoms with Crippen molar-refractivity contribution in [3.63, 3.8) is 0 Å². The maximum Gasteiger partial charge on any atom is 0.410 e. The van der Waals surface area contributed by atoms with Crippen LogP contribution in [0.15, 0.2) is 11.6 Å². The summed E-state index contributed by atoms with van der Waals surface area (Å²) in [6, 6.07) is 1.78. The predicted octanol–water partition coefficient (Wildman–Crippen LogP) is 4.68. The minimum Gasteiger partial charge on any atom is -0.444 e. The molecule has 4 heterocycles. The van der Waals surface area contributed by atoms with E-state index in [0.717, 1.165) is 63.7 Å². The second-order valence-electron chi connectivity index (χ2n) is 12.4. The predicted molar refractivity (Wildman–Crippen MR) is 146 cm³/mol. The zero-order valence-corrected chi connectivity index (χ0v) is 24.0. The van der Waals surface area contributed by atoms with E-state index in [2.05, 4.69) is 15.4 Å². The smallest absolute Gasteiger partial charge is 0.410 e. The molecule has 0 bridgehead atoms. The molecule has 214 valence electrons. The lowest BCUT2D eigenvalue weighted by Crippen LogP contribution is -2.62. The third-order valence-electron chi connectivity index (χ3n) is 8.79. The van der Waals surface area contributed by atoms with Gasteiger partial charge in [-0.15, -0.1) is 5.48 Å². The molecule has 2 atom stereocenters. The van der Waals surface area contributed by atoms with Crippen LogP contribution in [0, 0.1) is 5.41 Å². The van der Waals surface area contributed by atoms with Gasteiger partial charge in [0.1, 0.15) is 16.6 Å². The number of carbonyl (C=O) groups excluding carboxylic acids is 1. The quantitative estimate of drug-likeness (QED) is 0.516. The third kappa shape index (κ3) is 4.98. The number of hydrogen-bond donors (Lipinski definition) is 1. The molecule has 39 heavy (non-hydrogen) atoms. The van der Waals surface area contributed by atoms with Gasteiger partial charge in [-0.2, -0.15) is 0 Å². The lowest BCUT2D eigenvalue weighted by Gasteiger charge is -2.54. The van der Waals surface area contributed by atoms with E-state index in [4.69, 9.17) is 35.6 Å². The lowest BCUT2D eigenvalue weighted by molar-refractivity contribution is -0.271. The van der Waals surface area contributed by atoms with Crippen LogP contribution in [0.25, 0.3) is 5.76 Å². The van der Waals surface area contributed by atoms with E-state index in [1.165, 1.54) is 5.57 Å². The van der Waals surface area contributed by atoms with Crippen molar-refractivity contribution >= 4 is 29.3 Å². The van der Waals surface area contributed by atoms with E-state index in [1.807, 2.05) is 20.8 Å². The fourth-order valence-corrected chi connectivity index (χ4v) is 7.32. The van der Waals surface area contributed by atoms with E-state index in [1.54, 1.807) is 11.0 Å². The van der Waals surface area contributed by atoms with Gasteiger partial charge in [0.2, 0.25) is 5.82 Å². The van der Waals surface area contributed by atoms with Crippen LogP contribution < -0.4 is 10.4 Å². The highest BCUT2D eigenvalue weighted by Crippen LogP contribution is 2.59. The lowest BCUT2D eigenvalue weighted by atomic mass is 9.57. The summed E-state index contributed by atoms with van der Waals surface area (Å²) in [5.74, 6) is 1.34. The highest BCUT2D eigenvalue weighted by molar-refractivity contribution is 6.29. The van der Waals surface area contributed by atoms with Gasteiger partial charge in [0, 0.05) is 44.1 Å². The van der Waals surface area contributed by atoms with Crippen molar-refractivity contribution < 1.29 is 23.8 Å². The average Bonchev–Trinajstić information content (AvgIpc) is 3.47. The molecule has 4 fully saturated rings. The van der Waals surface area contributed by atoms with E-state index < -0.39 is 11.4 Å². The highest BCUT2D eigenvalue weighted by atomic mass is 35.5. The number of halogens is 1. The molecular formula is C28H40ClN5O5. The Morgan fingerprint density at radius 2 is 1.82 bits per heavy atom. The summed E-state index contributed by atoms with van der Waals surface area (Å²) in [5.41, 5.74) is 3.84. The van der Waals surface area contributed by atoms with Crippen molar-refractivity contribution in [1.82, 2.24) is 20.3 Å². The van der Waals surface area contributed by atoms with Gasteiger partial charge < -0.3 is 28.8 Å². The summed E-state index contributed by atoms with van der Waals surface area (Å²) in [5, 5.41) is 0.366. The fraction of sp³-hybridized carbons (Fsp3) is 0.750. The first kappa shape index (κ1) is 27.1. The average molecular weight is 562 g/mol. The zero-order chi connectivity index (χ0) is 27.3. The summed E-state index contributed by atoms with van der Waals surface area (Å²) in [6.45, 7) is 9.49. The minimum atomic E-state index is -0.556. The Labute approximate surface area is 235 Å². The van der Waals surface area contributed by atoms with Gasteiger partial charge in [-0.25, -0.2) is 14.8 Å². The van der Waals surface area contributed by atoms with Gasteiger partial charge in [0.25, 0.3) is 0 Å². The maximum absolute atomic E-state index is 12.6. The first-order valence-electron chi connectivity index (χ1n) is 14.4. The maximum atomic E-state index is 12.6. The largest absolute Gasteiger partial charge is 0.444 e. The molecular weight excluding hydrogens is 522 g/mol. The molecule has 2 spiro atoms. The van der Waals surface area contributed by atoms with E-state index in [-0.39, 0.29) is 17.6 Å². The molecule has 0 aromatic carbocycles. The molecule has 1 amide bonds. The molecule has 3 aliphatic heterocycles. The zero-order valence-electron chi connectivity index (χ0n) is 23.3. The molecule has 5 aliphatic rings. The topological polar surface area (TPSA) is 98.3 Å². The number of nitrogens with zero attached hydrogens (tertiary/aromatic N) is 4. The number of amides is 1. The molecule has 1 N–H and O–H groups in total. The number of anilines is 1. The Balaban J connectivity index is 1.25. The number of rotatable bonds is 2. The molecule has 0 radical (unpaired) electrons. The van der Waals surface area contributed by atoms with Crippen LogP contribution in [0.2, 0.25) is 5.15 Å². The summed E-state index contributed by atoms with van der Waals surface area (Å²) >= 11 is 6.56. The molecule has 6 rings (SSSR count). The van der Waals surface area contributed by atoms with Crippen molar-refractivity contribution in [1.29, 1.82) is 0 Å². The van der Waals surface area contributed by atoms with Crippen LogP contribution >= 0.6 is 11.6 Å². The van der Waals surface area contributed by atoms with Crippen molar-refractivity contribution in [3.05, 3.63) is 22.6 Å². The Bertz CT molecular complexity index is 1130. The van der Waals surface area contributed by atoms with Gasteiger partial charge >= 0.3 is 6.09 Å². The number of hydroxylamine groups is 1. The van der Waals surface area contributed by atoms with Crippen molar-refractivity contribution in [2.24, 2.45) is 5.41 Å². The highest BCUT2D eigenvalue weighted by Gasteiger charge is 2.63. The van der Waals surface area contributed by atoms with Crippen molar-refractivity contribution in [3.8, 4) is 0 Å². The van der Waals surface area contributed by atoms with E-state index >= 15 is 0 Å². The van der Waals surface area contributed by atoms with Crippen LogP contribution in [-0.4, -0.2) is 77.8 Å². The van der Waals surface area contributed by atoms with E-state index in [9.17, 15) is 4.79 Å². The molecule has 2 saturated heterocycles. The molecule has 1 unspecified atom stereocenters. The minimum absolute atomic E-state index is 0.00810. The van der Waals surface area contributed by atoms with Gasteiger partial charge in [0.05, 0.1) is 19.3 Å². The van der Waals surface area contributed by atoms with Gasteiger partial charge in [0.15, 0.2) is 11.5 Å². The number of ether oxygens (including phenoxy) is 3. The first-order chi connectivity index (χ1) is 18.7. The second kappa shape index (κ2) is 10.4. The fourth-order valence-electron chi connectivity index (χ4n) is 7.15. The Morgan fingerprint density at radius 1 is 1.05 bits per heavy atom. The SMILES string of the molecule is CC(C)(C)OC(=O)N1CCCN(c2cc(Cl)nc(C3=C4CCC[C@@]5(CCCCC56OCCO6)C4NO3)n2)CC1. The summed E-state index contributed by atoms with van der Waals surface area (Å²) in [7, 11) is 0. The molecule has 2 saturated carbocycles. The summed E-state index contributed by atoms with van der Waals surface area (Å²) < 4.78 is 18.3. The Hall–Kier alpha value is -2.14. The van der Waals surface area contributed by atoms with Gasteiger partial charge in [-0.3, -0.25) is 0 Å². The number of fused-ring (bicyclic) bond motifs is 3. The molecule has 1 aromatic rings. The molecule has 11 heteroatoms. The standard InChI is InChI=1S/C28H40ClN5O5/c1-26(2,3)38-25(35)34-13-7-12-33(14-15-34)21-18-20(29)30-24(31-21)22-19-8-6-10-27(23(19)32-39-22)9-4-5-11-28(27)36-16-17-37-28/h18,23,32H,4-17H2,1-3H3/t23?,27-/m0/s1. The van der Waals surface area contributed by atoms with Gasteiger partial charge in [-0.1, -0.05) is 18.0 Å². The van der Waals surface area contributed by atoms with E-state index in [0.29, 0.717) is 49.6 Å². The van der Waals surface area contributed by atoms with Crippen molar-refractivity contribution in [2.75, 3.05) is 44.3 Å². The number of carbonyl (C=O) groups is 1. The Morgan fingerprint density at radius 3 is 2.62 bits per heavy atom. The van der Waals surface area contributed by atoms with Crippen LogP contribution in [0.1, 0.15) is 78.0 Å². The Kier molecular flexibility index (Phi) is 7.18. The van der Waals surface area contributed by atoms with Crippen LogP contribution in [-0.2, 0) is 19.0 Å². The molecule has 2 aliphatic carbocycles. The molecule has 1 aromatic heterocycles. The third-order valence-corrected chi connectivity index (χ3v) is 8.98. The first-order valence-corrected chi connectivity index (χ1v) is 14.8. The van der Waals surface area contributed by atoms with Gasteiger partial charge in [-0.05, 0) is 64.9 Å². The van der Waals surface area contributed by atoms with Crippen molar-refractivity contribution in [2.45, 2.75) is 89.6 Å². The van der Waals surface area contributed by atoms with Crippen LogP contribution in [0.3, 0.4) is 0 Å². The summed E-state index contributed by atoms with van der Waals surface area (Å²) in [6.07, 6.45) is 7.72. The number of aromatic nitrogens is 2. The summed E-state index contributed by atoms with van der Waals surface area (Å²) in [4.78, 5) is 32.3. The molecule has 10 nitrogen and oxygen atoms in total.